The number of aliphatic imine (C=N–C) groups is 1. The molecule has 9 heteroatoms. The monoisotopic (exact) mass is 574 g/mol. The Bertz CT molecular complexity index is 893. The number of carbonyl (C=O) groups is 1. The molecule has 1 amide bonds. The second-order valence-electron chi connectivity index (χ2n) is 7.05. The third-order valence-electron chi connectivity index (χ3n) is 4.47. The van der Waals surface area contributed by atoms with Gasteiger partial charge in [-0.15, -0.1) is 24.0 Å². The molecule has 32 heavy (non-hydrogen) atoms. The zero-order valence-corrected chi connectivity index (χ0v) is 22.1. The Balaban J connectivity index is 0.00000512. The van der Waals surface area contributed by atoms with E-state index in [2.05, 4.69) is 15.6 Å². The van der Waals surface area contributed by atoms with E-state index in [1.807, 2.05) is 49.4 Å². The van der Waals surface area contributed by atoms with Crippen molar-refractivity contribution in [1.82, 2.24) is 15.5 Å². The van der Waals surface area contributed by atoms with E-state index in [1.54, 1.807) is 21.2 Å². The number of amides is 1. The van der Waals surface area contributed by atoms with Gasteiger partial charge in [0.15, 0.2) is 12.6 Å². The lowest BCUT2D eigenvalue weighted by atomic mass is 10.1. The van der Waals surface area contributed by atoms with Crippen LogP contribution in [0.4, 0.5) is 0 Å². The van der Waals surface area contributed by atoms with Gasteiger partial charge in [0, 0.05) is 32.2 Å². The van der Waals surface area contributed by atoms with E-state index >= 15 is 0 Å². The smallest absolute Gasteiger partial charge is 0.259 e. The van der Waals surface area contributed by atoms with Crippen LogP contribution in [0.5, 0.6) is 11.5 Å². The molecule has 0 bridgehead atoms. The predicted molar refractivity (Wildman–Crippen MR) is 141 cm³/mol. The van der Waals surface area contributed by atoms with Crippen molar-refractivity contribution in [2.45, 2.75) is 19.9 Å². The number of nitrogens with one attached hydrogen (secondary N) is 2. The van der Waals surface area contributed by atoms with Gasteiger partial charge in [0.25, 0.3) is 5.91 Å². The predicted octanol–water partition coefficient (Wildman–Crippen LogP) is 3.73. The Morgan fingerprint density at radius 1 is 1.12 bits per heavy atom. The number of hydrogen-bond donors (Lipinski definition) is 2. The molecule has 0 saturated carbocycles. The van der Waals surface area contributed by atoms with Gasteiger partial charge >= 0.3 is 0 Å². The largest absolute Gasteiger partial charge is 0.497 e. The summed E-state index contributed by atoms with van der Waals surface area (Å²) in [5, 5.41) is 7.26. The van der Waals surface area contributed by atoms with E-state index in [0.29, 0.717) is 23.9 Å². The van der Waals surface area contributed by atoms with Crippen molar-refractivity contribution in [3.63, 3.8) is 0 Å². The van der Waals surface area contributed by atoms with Crippen molar-refractivity contribution in [1.29, 1.82) is 0 Å². The van der Waals surface area contributed by atoms with E-state index in [1.165, 1.54) is 4.90 Å². The van der Waals surface area contributed by atoms with Crippen LogP contribution >= 0.6 is 35.6 Å². The lowest BCUT2D eigenvalue weighted by molar-refractivity contribution is -0.130. The van der Waals surface area contributed by atoms with Gasteiger partial charge < -0.3 is 25.0 Å². The molecule has 0 unspecified atom stereocenters. The Morgan fingerprint density at radius 2 is 1.91 bits per heavy atom. The van der Waals surface area contributed by atoms with Gasteiger partial charge in [0.05, 0.1) is 13.7 Å². The Kier molecular flexibility index (Phi) is 12.9. The highest BCUT2D eigenvalue weighted by molar-refractivity contribution is 14.0. The molecule has 0 aliphatic carbocycles. The molecule has 0 aliphatic heterocycles. The number of benzene rings is 2. The van der Waals surface area contributed by atoms with Crippen molar-refractivity contribution in [2.24, 2.45) is 4.99 Å². The molecule has 2 aromatic carbocycles. The van der Waals surface area contributed by atoms with Gasteiger partial charge in [-0.05, 0) is 48.7 Å². The fourth-order valence-electron chi connectivity index (χ4n) is 2.69. The van der Waals surface area contributed by atoms with Crippen LogP contribution in [0.1, 0.15) is 18.1 Å². The van der Waals surface area contributed by atoms with Crippen molar-refractivity contribution in [3.05, 3.63) is 58.6 Å². The maximum atomic E-state index is 11.7. The van der Waals surface area contributed by atoms with Gasteiger partial charge in [0.2, 0.25) is 0 Å². The number of nitrogens with zero attached hydrogens (tertiary/aromatic N) is 2. The van der Waals surface area contributed by atoms with E-state index in [-0.39, 0.29) is 36.5 Å². The molecule has 0 spiro atoms. The van der Waals surface area contributed by atoms with Crippen LogP contribution in [0.3, 0.4) is 0 Å². The summed E-state index contributed by atoms with van der Waals surface area (Å²) in [4.78, 5) is 17.8. The fourth-order valence-corrected chi connectivity index (χ4v) is 2.96. The first kappa shape index (κ1) is 27.8. The second-order valence-corrected chi connectivity index (χ2v) is 7.46. The number of carbonyl (C=O) groups excluding carboxylic acids is 1. The van der Waals surface area contributed by atoms with Crippen LogP contribution in [0.2, 0.25) is 5.02 Å². The number of likely N-dealkylation sites (N-methyl/N-ethyl adjacent to an activating group) is 1. The molecule has 2 aromatic rings. The van der Waals surface area contributed by atoms with Gasteiger partial charge in [-0.3, -0.25) is 4.79 Å². The van der Waals surface area contributed by atoms with Crippen LogP contribution in [0.15, 0.2) is 47.5 Å². The molecule has 0 fully saturated rings. The third-order valence-corrected chi connectivity index (χ3v) is 4.82. The molecular weight excluding hydrogens is 543 g/mol. The summed E-state index contributed by atoms with van der Waals surface area (Å²) in [5.41, 5.74) is 2.04. The van der Waals surface area contributed by atoms with Crippen LogP contribution in [0, 0.1) is 0 Å². The van der Waals surface area contributed by atoms with Crippen LogP contribution in [-0.4, -0.2) is 57.7 Å². The molecule has 0 atom stereocenters. The Hall–Kier alpha value is -2.20. The molecule has 0 heterocycles. The molecule has 0 radical (unpaired) electrons. The molecule has 176 valence electrons. The summed E-state index contributed by atoms with van der Waals surface area (Å²) in [6.45, 7) is 3.96. The second kappa shape index (κ2) is 14.8. The maximum Gasteiger partial charge on any atom is 0.259 e. The number of hydrogen-bond acceptors (Lipinski definition) is 4. The van der Waals surface area contributed by atoms with E-state index in [4.69, 9.17) is 21.1 Å². The van der Waals surface area contributed by atoms with Crippen LogP contribution in [0.25, 0.3) is 0 Å². The number of ether oxygens (including phenoxy) is 2. The average Bonchev–Trinajstić information content (AvgIpc) is 2.77. The zero-order chi connectivity index (χ0) is 22.6. The fraction of sp³-hybridized carbons (Fsp3) is 0.391. The third kappa shape index (κ3) is 9.52. The van der Waals surface area contributed by atoms with E-state index in [0.717, 1.165) is 35.8 Å². The Morgan fingerprint density at radius 3 is 2.56 bits per heavy atom. The highest BCUT2D eigenvalue weighted by atomic mass is 127. The first-order chi connectivity index (χ1) is 14.9. The van der Waals surface area contributed by atoms with E-state index < -0.39 is 0 Å². The number of guanidine groups is 1. The first-order valence-corrected chi connectivity index (χ1v) is 10.6. The summed E-state index contributed by atoms with van der Waals surface area (Å²) in [6.07, 6.45) is 0.760. The van der Waals surface area contributed by atoms with Crippen molar-refractivity contribution >= 4 is 47.4 Å². The van der Waals surface area contributed by atoms with E-state index in [9.17, 15) is 4.79 Å². The minimum absolute atomic E-state index is 0. The SMILES string of the molecule is CCNC(=NCc1cccc(OCC(=O)N(C)C)c1)NCCc1ccc(OC)cc1Cl.I. The van der Waals surface area contributed by atoms with Crippen LogP contribution in [-0.2, 0) is 17.8 Å². The minimum Gasteiger partial charge on any atom is -0.497 e. The van der Waals surface area contributed by atoms with Crippen molar-refractivity contribution in [3.8, 4) is 11.5 Å². The molecular formula is C23H32ClIN4O3. The van der Waals surface area contributed by atoms with Crippen molar-refractivity contribution < 1.29 is 14.3 Å². The highest BCUT2D eigenvalue weighted by Crippen LogP contribution is 2.22. The summed E-state index contributed by atoms with van der Waals surface area (Å²) < 4.78 is 10.8. The van der Waals surface area contributed by atoms with Crippen LogP contribution < -0.4 is 20.1 Å². The molecule has 0 aromatic heterocycles. The van der Waals surface area contributed by atoms with Gasteiger partial charge in [0.1, 0.15) is 11.5 Å². The van der Waals surface area contributed by atoms with Gasteiger partial charge in [-0.1, -0.05) is 29.8 Å². The lowest BCUT2D eigenvalue weighted by Crippen LogP contribution is -2.38. The standard InChI is InChI=1S/C23H31ClN4O3.HI/c1-5-25-23(26-12-11-18-9-10-19(30-4)14-21(18)24)27-15-17-7-6-8-20(13-17)31-16-22(29)28(2)3;/h6-10,13-14H,5,11-12,15-16H2,1-4H3,(H2,25,26,27);1H. The normalized spacial score (nSPS) is 10.7. The summed E-state index contributed by atoms with van der Waals surface area (Å²) in [5.74, 6) is 2.03. The number of methoxy groups -OCH3 is 1. The number of halogens is 2. The quantitative estimate of drug-likeness (QED) is 0.257. The maximum absolute atomic E-state index is 11.7. The van der Waals surface area contributed by atoms with Gasteiger partial charge in [-0.25, -0.2) is 4.99 Å². The average molecular weight is 575 g/mol. The molecule has 7 nitrogen and oxygen atoms in total. The summed E-state index contributed by atoms with van der Waals surface area (Å²) in [6, 6.07) is 13.3. The molecule has 0 aliphatic rings. The lowest BCUT2D eigenvalue weighted by Gasteiger charge is -2.13. The molecule has 2 rings (SSSR count). The molecule has 0 saturated heterocycles. The highest BCUT2D eigenvalue weighted by Gasteiger charge is 2.06. The number of rotatable bonds is 10. The summed E-state index contributed by atoms with van der Waals surface area (Å²) >= 11 is 6.31. The Labute approximate surface area is 212 Å². The zero-order valence-electron chi connectivity index (χ0n) is 19.0. The summed E-state index contributed by atoms with van der Waals surface area (Å²) in [7, 11) is 5.03. The topological polar surface area (TPSA) is 75.2 Å². The van der Waals surface area contributed by atoms with Crippen molar-refractivity contribution in [2.75, 3.05) is 40.9 Å². The van der Waals surface area contributed by atoms with Gasteiger partial charge in [-0.2, -0.15) is 0 Å². The first-order valence-electron chi connectivity index (χ1n) is 10.2. The minimum atomic E-state index is -0.0842. The molecule has 2 N–H and O–H groups in total.